The highest BCUT2D eigenvalue weighted by molar-refractivity contribution is 5.92. The van der Waals surface area contributed by atoms with E-state index in [2.05, 4.69) is 22.5 Å². The molecule has 0 atom stereocenters. The van der Waals surface area contributed by atoms with Crippen LogP contribution in [0.4, 0.5) is 5.69 Å². The number of hydrogen-bond donors (Lipinski definition) is 2. The molecule has 2 N–H and O–H groups in total. The molecule has 0 aliphatic rings. The van der Waals surface area contributed by atoms with E-state index in [9.17, 15) is 4.79 Å². The number of ether oxygens (including phenoxy) is 1. The zero-order chi connectivity index (χ0) is 17.9. The van der Waals surface area contributed by atoms with E-state index in [-0.39, 0.29) is 5.91 Å². The summed E-state index contributed by atoms with van der Waals surface area (Å²) in [4.78, 5) is 16.4. The number of carbonyl (C=O) groups is 1. The fraction of sp³-hybridized carbons (Fsp3) is 0.400. The van der Waals surface area contributed by atoms with Crippen LogP contribution in [-0.2, 0) is 6.42 Å². The number of para-hydroxylation sites is 1. The van der Waals surface area contributed by atoms with E-state index < -0.39 is 0 Å². The minimum Gasteiger partial charge on any atom is -0.496 e. The van der Waals surface area contributed by atoms with Crippen LogP contribution in [0.1, 0.15) is 42.2 Å². The molecule has 0 aliphatic heterocycles. The lowest BCUT2D eigenvalue weighted by molar-refractivity contribution is 0.0949. The molecule has 0 spiro atoms. The van der Waals surface area contributed by atoms with Gasteiger partial charge in [0.1, 0.15) is 11.4 Å². The maximum Gasteiger partial charge on any atom is 0.269 e. The Morgan fingerprint density at radius 2 is 1.96 bits per heavy atom. The van der Waals surface area contributed by atoms with Crippen molar-refractivity contribution in [1.29, 1.82) is 0 Å². The van der Waals surface area contributed by atoms with Crippen LogP contribution in [-0.4, -0.2) is 31.1 Å². The van der Waals surface area contributed by atoms with Crippen molar-refractivity contribution in [1.82, 2.24) is 10.3 Å². The third-order valence-corrected chi connectivity index (χ3v) is 3.98. The van der Waals surface area contributed by atoms with Gasteiger partial charge >= 0.3 is 0 Å². The standard InChI is InChI=1S/C20H27N3O2/c1-3-4-7-13-21-17-10-11-18(23-15-17)20(24)22-14-12-16-8-5-6-9-19(16)25-2/h5-6,8-11,15,21H,3-4,7,12-14H2,1-2H3,(H,22,24). The molecule has 5 heteroatoms. The molecule has 2 aromatic rings. The minimum atomic E-state index is -0.160. The molecule has 134 valence electrons. The molecule has 1 heterocycles. The van der Waals surface area contributed by atoms with Gasteiger partial charge in [-0.05, 0) is 36.6 Å². The molecule has 1 amide bonds. The summed E-state index contributed by atoms with van der Waals surface area (Å²) in [7, 11) is 1.65. The Hall–Kier alpha value is -2.56. The first-order valence-corrected chi connectivity index (χ1v) is 8.84. The number of pyridine rings is 1. The van der Waals surface area contributed by atoms with E-state index in [1.165, 1.54) is 12.8 Å². The van der Waals surface area contributed by atoms with Gasteiger partial charge in [0.15, 0.2) is 0 Å². The Labute approximate surface area is 149 Å². The van der Waals surface area contributed by atoms with Crippen molar-refractivity contribution in [2.45, 2.75) is 32.6 Å². The van der Waals surface area contributed by atoms with Crippen LogP contribution in [0.25, 0.3) is 0 Å². The van der Waals surface area contributed by atoms with E-state index in [1.54, 1.807) is 19.4 Å². The number of aromatic nitrogens is 1. The quantitative estimate of drug-likeness (QED) is 0.647. The number of nitrogens with zero attached hydrogens (tertiary/aromatic N) is 1. The van der Waals surface area contributed by atoms with Crippen LogP contribution in [0.2, 0.25) is 0 Å². The SMILES string of the molecule is CCCCCNc1ccc(C(=O)NCCc2ccccc2OC)nc1. The summed E-state index contributed by atoms with van der Waals surface area (Å²) in [6.45, 7) is 3.65. The lowest BCUT2D eigenvalue weighted by Gasteiger charge is -2.09. The average Bonchev–Trinajstić information content (AvgIpc) is 2.66. The maximum absolute atomic E-state index is 12.2. The van der Waals surface area contributed by atoms with Gasteiger partial charge in [-0.1, -0.05) is 38.0 Å². The van der Waals surface area contributed by atoms with Gasteiger partial charge in [0.2, 0.25) is 0 Å². The molecular weight excluding hydrogens is 314 g/mol. The Balaban J connectivity index is 1.78. The first-order chi connectivity index (χ1) is 12.2. The van der Waals surface area contributed by atoms with Crippen LogP contribution < -0.4 is 15.4 Å². The van der Waals surface area contributed by atoms with Crippen molar-refractivity contribution < 1.29 is 9.53 Å². The topological polar surface area (TPSA) is 63.2 Å². The summed E-state index contributed by atoms with van der Waals surface area (Å²) in [5, 5.41) is 6.22. The largest absolute Gasteiger partial charge is 0.496 e. The number of unbranched alkanes of at least 4 members (excludes halogenated alkanes) is 2. The Morgan fingerprint density at radius 3 is 2.68 bits per heavy atom. The minimum absolute atomic E-state index is 0.160. The number of carbonyl (C=O) groups excluding carboxylic acids is 1. The molecular formula is C20H27N3O2. The monoisotopic (exact) mass is 341 g/mol. The summed E-state index contributed by atoms with van der Waals surface area (Å²) in [5.41, 5.74) is 2.45. The van der Waals surface area contributed by atoms with Gasteiger partial charge in [-0.25, -0.2) is 4.98 Å². The van der Waals surface area contributed by atoms with Gasteiger partial charge in [-0.3, -0.25) is 4.79 Å². The third-order valence-electron chi connectivity index (χ3n) is 3.98. The van der Waals surface area contributed by atoms with Crippen molar-refractivity contribution >= 4 is 11.6 Å². The smallest absolute Gasteiger partial charge is 0.269 e. The summed E-state index contributed by atoms with van der Waals surface area (Å²) in [5.74, 6) is 0.681. The highest BCUT2D eigenvalue weighted by Gasteiger charge is 2.07. The van der Waals surface area contributed by atoms with E-state index in [0.29, 0.717) is 18.7 Å². The van der Waals surface area contributed by atoms with Crippen LogP contribution in [0.3, 0.4) is 0 Å². The van der Waals surface area contributed by atoms with E-state index in [4.69, 9.17) is 4.74 Å². The average molecular weight is 341 g/mol. The van der Waals surface area contributed by atoms with Crippen LogP contribution in [0.15, 0.2) is 42.6 Å². The number of amides is 1. The third kappa shape index (κ3) is 6.10. The number of anilines is 1. The predicted molar refractivity (Wildman–Crippen MR) is 101 cm³/mol. The van der Waals surface area contributed by atoms with Gasteiger partial charge in [0.05, 0.1) is 19.0 Å². The lowest BCUT2D eigenvalue weighted by atomic mass is 10.1. The summed E-state index contributed by atoms with van der Waals surface area (Å²) < 4.78 is 5.32. The van der Waals surface area contributed by atoms with Crippen LogP contribution in [0.5, 0.6) is 5.75 Å². The molecule has 0 unspecified atom stereocenters. The molecule has 1 aromatic carbocycles. The number of rotatable bonds is 10. The summed E-state index contributed by atoms with van der Waals surface area (Å²) >= 11 is 0. The van der Waals surface area contributed by atoms with Crippen molar-refractivity contribution in [3.63, 3.8) is 0 Å². The van der Waals surface area contributed by atoms with Gasteiger partial charge in [0.25, 0.3) is 5.91 Å². The summed E-state index contributed by atoms with van der Waals surface area (Å²) in [6, 6.07) is 11.5. The van der Waals surface area contributed by atoms with Crippen molar-refractivity contribution in [2.24, 2.45) is 0 Å². The molecule has 0 saturated heterocycles. The van der Waals surface area contributed by atoms with E-state index in [0.717, 1.165) is 30.0 Å². The number of benzene rings is 1. The van der Waals surface area contributed by atoms with Crippen LogP contribution in [0, 0.1) is 0 Å². The molecule has 0 saturated carbocycles. The molecule has 0 bridgehead atoms. The first-order valence-electron chi connectivity index (χ1n) is 8.84. The fourth-order valence-corrected chi connectivity index (χ4v) is 2.55. The normalized spacial score (nSPS) is 10.3. The zero-order valence-corrected chi connectivity index (χ0v) is 15.0. The highest BCUT2D eigenvalue weighted by Crippen LogP contribution is 2.17. The van der Waals surface area contributed by atoms with Crippen molar-refractivity contribution in [3.05, 3.63) is 53.9 Å². The highest BCUT2D eigenvalue weighted by atomic mass is 16.5. The van der Waals surface area contributed by atoms with E-state index in [1.807, 2.05) is 30.3 Å². The molecule has 2 rings (SSSR count). The number of hydrogen-bond acceptors (Lipinski definition) is 4. The van der Waals surface area contributed by atoms with E-state index >= 15 is 0 Å². The molecule has 0 fully saturated rings. The fourth-order valence-electron chi connectivity index (χ4n) is 2.55. The molecule has 25 heavy (non-hydrogen) atoms. The molecule has 1 aromatic heterocycles. The number of methoxy groups -OCH3 is 1. The zero-order valence-electron chi connectivity index (χ0n) is 15.0. The lowest BCUT2D eigenvalue weighted by Crippen LogP contribution is -2.26. The van der Waals surface area contributed by atoms with Crippen molar-refractivity contribution in [2.75, 3.05) is 25.5 Å². The van der Waals surface area contributed by atoms with Crippen molar-refractivity contribution in [3.8, 4) is 5.75 Å². The molecule has 5 nitrogen and oxygen atoms in total. The molecule has 0 radical (unpaired) electrons. The molecule has 0 aliphatic carbocycles. The van der Waals surface area contributed by atoms with Gasteiger partial charge in [-0.15, -0.1) is 0 Å². The second-order valence-electron chi connectivity index (χ2n) is 5.88. The van der Waals surface area contributed by atoms with Gasteiger partial charge in [0, 0.05) is 13.1 Å². The van der Waals surface area contributed by atoms with Gasteiger partial charge in [-0.2, -0.15) is 0 Å². The second kappa shape index (κ2) is 10.3. The Morgan fingerprint density at radius 1 is 1.12 bits per heavy atom. The Bertz CT molecular complexity index is 656. The number of nitrogens with one attached hydrogen (secondary N) is 2. The Kier molecular flexibility index (Phi) is 7.76. The predicted octanol–water partition coefficient (Wildman–Crippen LogP) is 3.66. The maximum atomic E-state index is 12.2. The van der Waals surface area contributed by atoms with Gasteiger partial charge < -0.3 is 15.4 Å². The van der Waals surface area contributed by atoms with Crippen LogP contribution >= 0.6 is 0 Å². The summed E-state index contributed by atoms with van der Waals surface area (Å²) in [6.07, 6.45) is 5.98. The first kappa shape index (κ1) is 18.8. The second-order valence-corrected chi connectivity index (χ2v) is 5.88.